The third-order valence-electron chi connectivity index (χ3n) is 3.76. The van der Waals surface area contributed by atoms with Gasteiger partial charge in [0.1, 0.15) is 0 Å². The van der Waals surface area contributed by atoms with Crippen LogP contribution < -0.4 is 5.32 Å². The molecule has 0 aliphatic carbocycles. The van der Waals surface area contributed by atoms with E-state index in [-0.39, 0.29) is 11.9 Å². The number of anilines is 1. The van der Waals surface area contributed by atoms with Crippen LogP contribution in [-0.4, -0.2) is 23.5 Å². The van der Waals surface area contributed by atoms with E-state index < -0.39 is 0 Å². The van der Waals surface area contributed by atoms with Crippen LogP contribution in [0, 0.1) is 0 Å². The Balaban J connectivity index is 1.72. The summed E-state index contributed by atoms with van der Waals surface area (Å²) in [6.45, 7) is 2.10. The molecule has 0 bridgehead atoms. The van der Waals surface area contributed by atoms with Crippen LogP contribution in [0.3, 0.4) is 0 Å². The van der Waals surface area contributed by atoms with Gasteiger partial charge in [0.25, 0.3) is 5.91 Å². The lowest BCUT2D eigenvalue weighted by atomic mass is 10.1. The molecule has 1 heterocycles. The van der Waals surface area contributed by atoms with Crippen molar-refractivity contribution < 1.29 is 14.3 Å². The van der Waals surface area contributed by atoms with E-state index in [1.165, 1.54) is 6.08 Å². The predicted octanol–water partition coefficient (Wildman–Crippen LogP) is 4.06. The summed E-state index contributed by atoms with van der Waals surface area (Å²) in [5, 5.41) is 3.69. The lowest BCUT2D eigenvalue weighted by Crippen LogP contribution is -2.12. The van der Waals surface area contributed by atoms with Crippen LogP contribution in [-0.2, 0) is 9.53 Å². The highest BCUT2D eigenvalue weighted by Crippen LogP contribution is 2.18. The standard InChI is InChI=1S/C21H18N2O3/c1-2-26-20(24)12-9-15-7-10-16(11-8-15)23-21(25)18-13-14-22-19-6-4-3-5-17(18)19/h3-14H,2H2,1H3,(H,23,25)/b12-9+. The average Bonchev–Trinajstić information content (AvgIpc) is 2.67. The van der Waals surface area contributed by atoms with E-state index in [1.807, 2.05) is 36.4 Å². The summed E-state index contributed by atoms with van der Waals surface area (Å²) in [5.41, 5.74) is 2.86. The van der Waals surface area contributed by atoms with Crippen molar-refractivity contribution in [1.82, 2.24) is 4.98 Å². The van der Waals surface area contributed by atoms with E-state index in [2.05, 4.69) is 10.3 Å². The van der Waals surface area contributed by atoms with Crippen molar-refractivity contribution in [3.63, 3.8) is 0 Å². The van der Waals surface area contributed by atoms with Crippen molar-refractivity contribution in [1.29, 1.82) is 0 Å². The summed E-state index contributed by atoms with van der Waals surface area (Å²) in [6.07, 6.45) is 4.67. The van der Waals surface area contributed by atoms with Crippen LogP contribution in [0.25, 0.3) is 17.0 Å². The van der Waals surface area contributed by atoms with Gasteiger partial charge in [-0.2, -0.15) is 0 Å². The Hall–Kier alpha value is -3.47. The Kier molecular flexibility index (Phi) is 5.39. The number of benzene rings is 2. The third kappa shape index (κ3) is 4.13. The number of amides is 1. The molecule has 0 radical (unpaired) electrons. The van der Waals surface area contributed by atoms with Gasteiger partial charge in [-0.05, 0) is 42.8 Å². The molecule has 2 aromatic carbocycles. The molecule has 0 aliphatic rings. The fourth-order valence-electron chi connectivity index (χ4n) is 2.52. The number of aromatic nitrogens is 1. The van der Waals surface area contributed by atoms with E-state index >= 15 is 0 Å². The number of carbonyl (C=O) groups excluding carboxylic acids is 2. The summed E-state index contributed by atoms with van der Waals surface area (Å²) in [7, 11) is 0. The zero-order chi connectivity index (χ0) is 18.4. The molecule has 0 spiro atoms. The van der Waals surface area contributed by atoms with Gasteiger partial charge in [-0.3, -0.25) is 9.78 Å². The Morgan fingerprint density at radius 3 is 2.62 bits per heavy atom. The molecule has 3 aromatic rings. The molecular weight excluding hydrogens is 328 g/mol. The minimum Gasteiger partial charge on any atom is -0.463 e. The van der Waals surface area contributed by atoms with E-state index in [9.17, 15) is 9.59 Å². The molecule has 5 heteroatoms. The highest BCUT2D eigenvalue weighted by Gasteiger charge is 2.10. The number of hydrogen-bond acceptors (Lipinski definition) is 4. The number of nitrogens with zero attached hydrogens (tertiary/aromatic N) is 1. The normalized spacial score (nSPS) is 10.8. The number of hydrogen-bond donors (Lipinski definition) is 1. The highest BCUT2D eigenvalue weighted by atomic mass is 16.5. The highest BCUT2D eigenvalue weighted by molar-refractivity contribution is 6.12. The number of ether oxygens (including phenoxy) is 1. The second kappa shape index (κ2) is 8.07. The number of fused-ring (bicyclic) bond motifs is 1. The van der Waals surface area contributed by atoms with Gasteiger partial charge in [-0.25, -0.2) is 4.79 Å². The molecule has 1 aromatic heterocycles. The number of pyridine rings is 1. The van der Waals surface area contributed by atoms with Crippen molar-refractivity contribution in [2.45, 2.75) is 6.92 Å². The largest absolute Gasteiger partial charge is 0.463 e. The number of esters is 1. The molecular formula is C21H18N2O3. The fraction of sp³-hybridized carbons (Fsp3) is 0.0952. The van der Waals surface area contributed by atoms with E-state index in [1.54, 1.807) is 37.4 Å². The number of para-hydroxylation sites is 1. The van der Waals surface area contributed by atoms with E-state index in [0.29, 0.717) is 17.9 Å². The minimum atomic E-state index is -0.380. The first-order chi connectivity index (χ1) is 12.7. The summed E-state index contributed by atoms with van der Waals surface area (Å²) >= 11 is 0. The topological polar surface area (TPSA) is 68.3 Å². The maximum Gasteiger partial charge on any atom is 0.330 e. The van der Waals surface area contributed by atoms with Crippen LogP contribution >= 0.6 is 0 Å². The Morgan fingerprint density at radius 2 is 1.85 bits per heavy atom. The summed E-state index contributed by atoms with van der Waals surface area (Å²) in [4.78, 5) is 28.2. The second-order valence-electron chi connectivity index (χ2n) is 5.54. The van der Waals surface area contributed by atoms with Crippen LogP contribution in [0.1, 0.15) is 22.8 Å². The molecule has 0 unspecified atom stereocenters. The Morgan fingerprint density at radius 1 is 1.08 bits per heavy atom. The van der Waals surface area contributed by atoms with Gasteiger partial charge < -0.3 is 10.1 Å². The molecule has 0 atom stereocenters. The van der Waals surface area contributed by atoms with Gasteiger partial charge in [0, 0.05) is 23.3 Å². The third-order valence-corrected chi connectivity index (χ3v) is 3.76. The molecule has 0 saturated heterocycles. The molecule has 26 heavy (non-hydrogen) atoms. The minimum absolute atomic E-state index is 0.196. The monoisotopic (exact) mass is 346 g/mol. The Labute approximate surface area is 151 Å². The first kappa shape index (κ1) is 17.4. The number of carbonyl (C=O) groups is 2. The van der Waals surface area contributed by atoms with Gasteiger partial charge in [0.15, 0.2) is 0 Å². The quantitative estimate of drug-likeness (QED) is 0.559. The van der Waals surface area contributed by atoms with Crippen molar-refractivity contribution in [3.8, 4) is 0 Å². The maximum atomic E-state index is 12.6. The zero-order valence-electron chi connectivity index (χ0n) is 14.3. The molecule has 3 rings (SSSR count). The van der Waals surface area contributed by atoms with Crippen molar-refractivity contribution >= 4 is 34.5 Å². The lowest BCUT2D eigenvalue weighted by molar-refractivity contribution is -0.137. The first-order valence-electron chi connectivity index (χ1n) is 8.27. The van der Waals surface area contributed by atoms with Gasteiger partial charge in [0.2, 0.25) is 0 Å². The predicted molar refractivity (Wildman–Crippen MR) is 102 cm³/mol. The van der Waals surface area contributed by atoms with Crippen LogP contribution in [0.4, 0.5) is 5.69 Å². The molecule has 0 aliphatic heterocycles. The molecule has 130 valence electrons. The van der Waals surface area contributed by atoms with Crippen LogP contribution in [0.15, 0.2) is 66.9 Å². The maximum absolute atomic E-state index is 12.6. The first-order valence-corrected chi connectivity index (χ1v) is 8.27. The smallest absolute Gasteiger partial charge is 0.330 e. The summed E-state index contributed by atoms with van der Waals surface area (Å²) in [6, 6.07) is 16.4. The lowest BCUT2D eigenvalue weighted by Gasteiger charge is -2.08. The van der Waals surface area contributed by atoms with E-state index in [0.717, 1.165) is 16.5 Å². The summed E-state index contributed by atoms with van der Waals surface area (Å²) in [5.74, 6) is -0.576. The van der Waals surface area contributed by atoms with Crippen LogP contribution in [0.5, 0.6) is 0 Å². The number of nitrogens with one attached hydrogen (secondary N) is 1. The molecule has 0 fully saturated rings. The van der Waals surface area contributed by atoms with Crippen molar-refractivity contribution in [2.24, 2.45) is 0 Å². The average molecular weight is 346 g/mol. The van der Waals surface area contributed by atoms with E-state index in [4.69, 9.17) is 4.74 Å². The Bertz CT molecular complexity index is 957. The van der Waals surface area contributed by atoms with Crippen LogP contribution in [0.2, 0.25) is 0 Å². The van der Waals surface area contributed by atoms with Gasteiger partial charge in [-0.15, -0.1) is 0 Å². The molecule has 0 saturated carbocycles. The van der Waals surface area contributed by atoms with Gasteiger partial charge in [0.05, 0.1) is 17.7 Å². The fourth-order valence-corrected chi connectivity index (χ4v) is 2.52. The second-order valence-corrected chi connectivity index (χ2v) is 5.54. The summed E-state index contributed by atoms with van der Waals surface area (Å²) < 4.78 is 4.84. The van der Waals surface area contributed by atoms with Gasteiger partial charge in [-0.1, -0.05) is 30.3 Å². The SMILES string of the molecule is CCOC(=O)/C=C/c1ccc(NC(=O)c2ccnc3ccccc23)cc1. The molecule has 5 nitrogen and oxygen atoms in total. The number of rotatable bonds is 5. The molecule has 1 N–H and O–H groups in total. The van der Waals surface area contributed by atoms with Crippen molar-refractivity contribution in [2.75, 3.05) is 11.9 Å². The van der Waals surface area contributed by atoms with Crippen molar-refractivity contribution in [3.05, 3.63) is 78.0 Å². The zero-order valence-corrected chi connectivity index (χ0v) is 14.3. The molecule has 1 amide bonds. The van der Waals surface area contributed by atoms with Gasteiger partial charge >= 0.3 is 5.97 Å².